The fourth-order valence-electron chi connectivity index (χ4n) is 1.11. The van der Waals surface area contributed by atoms with Crippen molar-refractivity contribution in [3.8, 4) is 0 Å². The minimum Gasteiger partial charge on any atom is -0.481 e. The molecular formula is C12H19NO3. The summed E-state index contributed by atoms with van der Waals surface area (Å²) in [6.07, 6.45) is 6.62. The van der Waals surface area contributed by atoms with Crippen molar-refractivity contribution in [2.24, 2.45) is 0 Å². The molecule has 0 aromatic heterocycles. The maximum Gasteiger partial charge on any atom is 0.303 e. The third-order valence-corrected chi connectivity index (χ3v) is 2.09. The maximum atomic E-state index is 11.3. The molecule has 1 amide bonds. The van der Waals surface area contributed by atoms with Gasteiger partial charge < -0.3 is 10.4 Å². The van der Waals surface area contributed by atoms with Gasteiger partial charge in [-0.05, 0) is 19.8 Å². The normalized spacial score (nSPS) is 11.8. The number of aliphatic carboxylic acids is 1. The number of nitrogens with one attached hydrogen (secondary N) is 1. The van der Waals surface area contributed by atoms with Crippen LogP contribution in [0.2, 0.25) is 0 Å². The zero-order valence-electron chi connectivity index (χ0n) is 9.82. The fourth-order valence-corrected chi connectivity index (χ4v) is 1.11. The summed E-state index contributed by atoms with van der Waals surface area (Å²) in [5.74, 6) is -1.02. The molecule has 16 heavy (non-hydrogen) atoms. The summed E-state index contributed by atoms with van der Waals surface area (Å²) in [7, 11) is 0. The lowest BCUT2D eigenvalue weighted by atomic mass is 10.2. The van der Waals surface area contributed by atoms with E-state index in [4.69, 9.17) is 5.11 Å². The van der Waals surface area contributed by atoms with E-state index in [1.165, 1.54) is 6.08 Å². The molecule has 0 unspecified atom stereocenters. The number of carboxylic acid groups (broad SMARTS) is 1. The Hall–Kier alpha value is -1.58. The van der Waals surface area contributed by atoms with E-state index in [1.54, 1.807) is 6.08 Å². The van der Waals surface area contributed by atoms with Crippen molar-refractivity contribution in [3.05, 3.63) is 23.8 Å². The molecular weight excluding hydrogens is 206 g/mol. The lowest BCUT2D eigenvalue weighted by Crippen LogP contribution is -2.22. The summed E-state index contributed by atoms with van der Waals surface area (Å²) in [6, 6.07) is 0. The van der Waals surface area contributed by atoms with Crippen LogP contribution in [0, 0.1) is 0 Å². The molecule has 0 aliphatic carbocycles. The Bertz CT molecular complexity index is 293. The molecule has 0 rings (SSSR count). The minimum atomic E-state index is -0.841. The van der Waals surface area contributed by atoms with Crippen LogP contribution in [0.5, 0.6) is 0 Å². The predicted octanol–water partition coefficient (Wildman–Crippen LogP) is 1.88. The van der Waals surface area contributed by atoms with E-state index in [9.17, 15) is 9.59 Å². The molecule has 0 saturated heterocycles. The van der Waals surface area contributed by atoms with E-state index >= 15 is 0 Å². The van der Waals surface area contributed by atoms with Crippen molar-refractivity contribution in [1.82, 2.24) is 5.32 Å². The van der Waals surface area contributed by atoms with E-state index in [1.807, 2.05) is 19.9 Å². The highest BCUT2D eigenvalue weighted by Gasteiger charge is 1.98. The summed E-state index contributed by atoms with van der Waals surface area (Å²) >= 11 is 0. The molecule has 0 fully saturated rings. The smallest absolute Gasteiger partial charge is 0.303 e. The zero-order valence-corrected chi connectivity index (χ0v) is 9.82. The maximum absolute atomic E-state index is 11.3. The van der Waals surface area contributed by atoms with Crippen molar-refractivity contribution < 1.29 is 14.7 Å². The Morgan fingerprint density at radius 3 is 2.50 bits per heavy atom. The number of carbonyl (C=O) groups is 2. The largest absolute Gasteiger partial charge is 0.481 e. The molecule has 0 radical (unpaired) electrons. The third-order valence-electron chi connectivity index (χ3n) is 2.09. The van der Waals surface area contributed by atoms with Gasteiger partial charge in [0.15, 0.2) is 0 Å². The van der Waals surface area contributed by atoms with Crippen LogP contribution in [0.4, 0.5) is 0 Å². The Balaban J connectivity index is 3.78. The summed E-state index contributed by atoms with van der Waals surface area (Å²) in [4.78, 5) is 21.5. The Morgan fingerprint density at radius 1 is 1.31 bits per heavy atom. The molecule has 0 heterocycles. The average Bonchev–Trinajstić information content (AvgIpc) is 2.25. The van der Waals surface area contributed by atoms with Gasteiger partial charge in [0.25, 0.3) is 0 Å². The molecule has 0 aliphatic rings. The van der Waals surface area contributed by atoms with E-state index in [0.29, 0.717) is 13.0 Å². The van der Waals surface area contributed by atoms with E-state index < -0.39 is 5.97 Å². The number of hydrogen-bond acceptors (Lipinski definition) is 2. The predicted molar refractivity (Wildman–Crippen MR) is 63.1 cm³/mol. The first-order valence-electron chi connectivity index (χ1n) is 5.43. The van der Waals surface area contributed by atoms with Gasteiger partial charge in [-0.15, -0.1) is 0 Å². The number of rotatable bonds is 7. The molecule has 0 spiro atoms. The molecule has 0 aromatic carbocycles. The van der Waals surface area contributed by atoms with Gasteiger partial charge in [0, 0.05) is 19.0 Å². The van der Waals surface area contributed by atoms with Gasteiger partial charge in [-0.2, -0.15) is 0 Å². The van der Waals surface area contributed by atoms with Gasteiger partial charge >= 0.3 is 5.97 Å². The number of carbonyl (C=O) groups excluding carboxylic acids is 1. The van der Waals surface area contributed by atoms with Gasteiger partial charge in [-0.25, -0.2) is 0 Å². The fraction of sp³-hybridized carbons (Fsp3) is 0.500. The summed E-state index contributed by atoms with van der Waals surface area (Å²) in [5, 5.41) is 11.0. The molecule has 4 nitrogen and oxygen atoms in total. The number of carboxylic acids is 1. The topological polar surface area (TPSA) is 66.4 Å². The first kappa shape index (κ1) is 14.4. The molecule has 4 heteroatoms. The van der Waals surface area contributed by atoms with Crippen LogP contribution >= 0.6 is 0 Å². The van der Waals surface area contributed by atoms with Crippen molar-refractivity contribution in [1.29, 1.82) is 0 Å². The zero-order chi connectivity index (χ0) is 12.4. The van der Waals surface area contributed by atoms with Gasteiger partial charge in [-0.1, -0.05) is 24.6 Å². The van der Waals surface area contributed by atoms with Gasteiger partial charge in [0.2, 0.25) is 5.91 Å². The minimum absolute atomic E-state index is 0.0824. The Kier molecular flexibility index (Phi) is 7.85. The lowest BCUT2D eigenvalue weighted by Gasteiger charge is -2.00. The first-order chi connectivity index (χ1) is 7.60. The van der Waals surface area contributed by atoms with Crippen molar-refractivity contribution >= 4 is 11.9 Å². The van der Waals surface area contributed by atoms with Crippen LogP contribution in [-0.4, -0.2) is 23.5 Å². The Morgan fingerprint density at radius 2 is 2.00 bits per heavy atom. The summed E-state index contributed by atoms with van der Waals surface area (Å²) in [5.41, 5.74) is 1.10. The summed E-state index contributed by atoms with van der Waals surface area (Å²) in [6.45, 7) is 4.34. The second-order valence-corrected chi connectivity index (χ2v) is 3.34. The highest BCUT2D eigenvalue weighted by molar-refractivity contribution is 5.87. The van der Waals surface area contributed by atoms with Crippen LogP contribution in [0.3, 0.4) is 0 Å². The quantitative estimate of drug-likeness (QED) is 0.395. The lowest BCUT2D eigenvalue weighted by molar-refractivity contribution is -0.137. The third kappa shape index (κ3) is 7.79. The van der Waals surface area contributed by atoms with Crippen molar-refractivity contribution in [3.63, 3.8) is 0 Å². The molecule has 0 atom stereocenters. The number of amides is 1. The second-order valence-electron chi connectivity index (χ2n) is 3.34. The van der Waals surface area contributed by atoms with Crippen molar-refractivity contribution in [2.45, 2.75) is 33.1 Å². The molecule has 0 aromatic rings. The second kappa shape index (κ2) is 8.71. The molecule has 0 bridgehead atoms. The van der Waals surface area contributed by atoms with Gasteiger partial charge in [0.05, 0.1) is 0 Å². The summed E-state index contributed by atoms with van der Waals surface area (Å²) < 4.78 is 0. The van der Waals surface area contributed by atoms with Gasteiger partial charge in [0.1, 0.15) is 0 Å². The van der Waals surface area contributed by atoms with Crippen molar-refractivity contribution in [2.75, 3.05) is 6.54 Å². The SMILES string of the molecule is C/C=C(/C=C/C(=O)NCCCC(=O)O)CC. The van der Waals surface area contributed by atoms with Crippen LogP contribution in [-0.2, 0) is 9.59 Å². The highest BCUT2D eigenvalue weighted by Crippen LogP contribution is 2.01. The van der Waals surface area contributed by atoms with E-state index in [-0.39, 0.29) is 12.3 Å². The first-order valence-corrected chi connectivity index (χ1v) is 5.43. The van der Waals surface area contributed by atoms with E-state index in [0.717, 1.165) is 12.0 Å². The molecule has 0 aliphatic heterocycles. The van der Waals surface area contributed by atoms with Crippen LogP contribution in [0.25, 0.3) is 0 Å². The standard InChI is InChI=1S/C12H19NO3/c1-3-10(4-2)7-8-11(14)13-9-5-6-12(15)16/h3,7-8H,4-6,9H2,1-2H3,(H,13,14)(H,15,16)/b8-7+,10-3+. The average molecular weight is 225 g/mol. The van der Waals surface area contributed by atoms with Gasteiger partial charge in [-0.3, -0.25) is 9.59 Å². The molecule has 0 saturated carbocycles. The van der Waals surface area contributed by atoms with Crippen LogP contribution in [0.1, 0.15) is 33.1 Å². The molecule has 90 valence electrons. The number of hydrogen-bond donors (Lipinski definition) is 2. The van der Waals surface area contributed by atoms with Crippen LogP contribution < -0.4 is 5.32 Å². The Labute approximate surface area is 96.0 Å². The highest BCUT2D eigenvalue weighted by atomic mass is 16.4. The number of allylic oxidation sites excluding steroid dienone is 3. The molecule has 2 N–H and O–H groups in total. The monoisotopic (exact) mass is 225 g/mol. The van der Waals surface area contributed by atoms with Crippen LogP contribution in [0.15, 0.2) is 23.8 Å². The van der Waals surface area contributed by atoms with E-state index in [2.05, 4.69) is 5.32 Å².